The van der Waals surface area contributed by atoms with Crippen LogP contribution in [0.25, 0.3) is 0 Å². The fourth-order valence-corrected chi connectivity index (χ4v) is 0. The van der Waals surface area contributed by atoms with E-state index in [1.54, 1.807) is 0 Å². The molecule has 0 aliphatic rings. The third kappa shape index (κ3) is 32.4. The lowest BCUT2D eigenvalue weighted by Crippen LogP contribution is -1.85. The number of aliphatic hydroxyl groups is 2. The molecular formula is C3H10O5P+. The molecule has 9 heavy (non-hydrogen) atoms. The molecule has 0 rings (SSSR count). The van der Waals surface area contributed by atoms with Crippen molar-refractivity contribution in [3.8, 4) is 0 Å². The maximum absolute atomic E-state index is 9.29. The van der Waals surface area contributed by atoms with Crippen molar-refractivity contribution in [3.63, 3.8) is 0 Å². The van der Waals surface area contributed by atoms with Crippen molar-refractivity contribution in [2.45, 2.75) is 0 Å². The first kappa shape index (κ1) is 11.7. The van der Waals surface area contributed by atoms with E-state index in [1.807, 2.05) is 0 Å². The zero-order chi connectivity index (χ0) is 7.70. The van der Waals surface area contributed by atoms with E-state index in [0.29, 0.717) is 0 Å². The van der Waals surface area contributed by atoms with Gasteiger partial charge in [0.1, 0.15) is 0 Å². The summed E-state index contributed by atoms with van der Waals surface area (Å²) in [6.45, 7) is -0.250. The fourth-order valence-electron chi connectivity index (χ4n) is 0. The van der Waals surface area contributed by atoms with Crippen LogP contribution in [0.2, 0.25) is 0 Å². The number of rotatable bonds is 2. The molecule has 0 bridgehead atoms. The van der Waals surface area contributed by atoms with Crippen LogP contribution >= 0.6 is 8.25 Å². The molecule has 0 spiro atoms. The van der Waals surface area contributed by atoms with E-state index in [4.69, 9.17) is 15.1 Å². The Bertz CT molecular complexity index is 63.2. The van der Waals surface area contributed by atoms with Crippen LogP contribution in [0.15, 0.2) is 0 Å². The summed E-state index contributed by atoms with van der Waals surface area (Å²) in [6, 6.07) is 0. The van der Waals surface area contributed by atoms with Gasteiger partial charge in [0.25, 0.3) is 0 Å². The molecule has 0 aromatic rings. The Labute approximate surface area is 53.8 Å². The Hall–Kier alpha value is -0.0600. The van der Waals surface area contributed by atoms with Crippen LogP contribution in [0.3, 0.4) is 0 Å². The molecule has 1 unspecified atom stereocenters. The van der Waals surface area contributed by atoms with Crippen molar-refractivity contribution in [1.82, 2.24) is 0 Å². The summed E-state index contributed by atoms with van der Waals surface area (Å²) in [5, 5.41) is 15.2. The van der Waals surface area contributed by atoms with E-state index in [9.17, 15) is 4.57 Å². The lowest BCUT2D eigenvalue weighted by molar-refractivity contribution is 0.186. The first-order valence-corrected chi connectivity index (χ1v) is 3.24. The molecule has 0 aromatic heterocycles. The number of hydrogen-bond donors (Lipinski definition) is 3. The number of hydrogen-bond acceptors (Lipinski definition) is 4. The van der Waals surface area contributed by atoms with Crippen LogP contribution in [0.4, 0.5) is 0 Å². The maximum Gasteiger partial charge on any atom is 0.694 e. The van der Waals surface area contributed by atoms with Crippen LogP contribution in [0.1, 0.15) is 0 Å². The van der Waals surface area contributed by atoms with Crippen LogP contribution in [-0.4, -0.2) is 35.4 Å². The Balaban J connectivity index is 0. The topological polar surface area (TPSA) is 87.0 Å². The summed E-state index contributed by atoms with van der Waals surface area (Å²) in [5.74, 6) is 0. The molecule has 0 aromatic carbocycles. The molecule has 6 heteroatoms. The van der Waals surface area contributed by atoms with Gasteiger partial charge in [-0.3, -0.25) is 0 Å². The molecule has 0 saturated heterocycles. The first-order valence-electron chi connectivity index (χ1n) is 2.11. The van der Waals surface area contributed by atoms with E-state index >= 15 is 0 Å². The van der Waals surface area contributed by atoms with Crippen molar-refractivity contribution < 1.29 is 24.2 Å². The molecule has 5 nitrogen and oxygen atoms in total. The Kier molecular flexibility index (Phi) is 14.1. The number of aliphatic hydroxyl groups excluding tert-OH is 2. The zero-order valence-electron chi connectivity index (χ0n) is 5.02. The van der Waals surface area contributed by atoms with Gasteiger partial charge in [0.15, 0.2) is 0 Å². The highest BCUT2D eigenvalue weighted by Gasteiger charge is 2.02. The van der Waals surface area contributed by atoms with Crippen molar-refractivity contribution >= 4 is 8.25 Å². The molecule has 0 fully saturated rings. The quantitative estimate of drug-likeness (QED) is 0.459. The van der Waals surface area contributed by atoms with Gasteiger partial charge in [-0.2, -0.15) is 0 Å². The molecule has 0 heterocycles. The highest BCUT2D eigenvalue weighted by molar-refractivity contribution is 7.32. The van der Waals surface area contributed by atoms with Gasteiger partial charge in [0.2, 0.25) is 0 Å². The van der Waals surface area contributed by atoms with Gasteiger partial charge in [-0.05, 0) is 0 Å². The minimum Gasteiger partial charge on any atom is -0.394 e. The van der Waals surface area contributed by atoms with Crippen molar-refractivity contribution in [2.75, 3.05) is 20.3 Å². The molecule has 0 aliphatic carbocycles. The van der Waals surface area contributed by atoms with E-state index in [-0.39, 0.29) is 13.2 Å². The molecule has 1 atom stereocenters. The molecule has 0 radical (unpaired) electrons. The van der Waals surface area contributed by atoms with Gasteiger partial charge >= 0.3 is 8.25 Å². The summed E-state index contributed by atoms with van der Waals surface area (Å²) in [6.07, 6.45) is 0. The Morgan fingerprint density at radius 2 is 1.67 bits per heavy atom. The lowest BCUT2D eigenvalue weighted by atomic mass is 10.8. The highest BCUT2D eigenvalue weighted by Crippen LogP contribution is 2.09. The average molecular weight is 157 g/mol. The standard InChI is InChI=1S/C2H6O2.CH3O3P/c3-1-2-4;1-4-5(2)3/h3-4H,1-2H2;1H3/p+1. The average Bonchev–Trinajstić information content (AvgIpc) is 1.89. The van der Waals surface area contributed by atoms with Gasteiger partial charge in [-0.15, -0.1) is 9.42 Å². The van der Waals surface area contributed by atoms with Crippen molar-refractivity contribution in [3.05, 3.63) is 0 Å². The SMILES string of the molecule is CO[P+](=O)O.OCCO. The third-order valence-corrected chi connectivity index (χ3v) is 0.569. The largest absolute Gasteiger partial charge is 0.694 e. The summed E-state index contributed by atoms with van der Waals surface area (Å²) in [4.78, 5) is 7.65. The predicted octanol–water partition coefficient (Wildman–Crippen LogP) is -0.747. The second kappa shape index (κ2) is 10.8. The molecule has 3 N–H and O–H groups in total. The van der Waals surface area contributed by atoms with E-state index in [2.05, 4.69) is 4.52 Å². The van der Waals surface area contributed by atoms with Gasteiger partial charge in [0, 0.05) is 4.57 Å². The van der Waals surface area contributed by atoms with Crippen LogP contribution in [-0.2, 0) is 9.09 Å². The molecule has 0 amide bonds. The molecule has 56 valence electrons. The summed E-state index contributed by atoms with van der Waals surface area (Å²) in [5.41, 5.74) is 0. The van der Waals surface area contributed by atoms with Crippen molar-refractivity contribution in [1.29, 1.82) is 0 Å². The van der Waals surface area contributed by atoms with Gasteiger partial charge in [0.05, 0.1) is 20.3 Å². The van der Waals surface area contributed by atoms with Crippen LogP contribution < -0.4 is 0 Å². The summed E-state index contributed by atoms with van der Waals surface area (Å²) < 4.78 is 13.1. The minimum absolute atomic E-state index is 0.125. The second-order valence-corrected chi connectivity index (χ2v) is 1.71. The highest BCUT2D eigenvalue weighted by atomic mass is 31.1. The Morgan fingerprint density at radius 1 is 1.44 bits per heavy atom. The van der Waals surface area contributed by atoms with Gasteiger partial charge in [-0.25, -0.2) is 0 Å². The zero-order valence-corrected chi connectivity index (χ0v) is 5.91. The monoisotopic (exact) mass is 157 g/mol. The van der Waals surface area contributed by atoms with Crippen LogP contribution in [0, 0.1) is 0 Å². The van der Waals surface area contributed by atoms with E-state index in [1.165, 1.54) is 7.11 Å². The molecule has 0 aliphatic heterocycles. The fraction of sp³-hybridized carbons (Fsp3) is 1.00. The Morgan fingerprint density at radius 3 is 1.67 bits per heavy atom. The smallest absolute Gasteiger partial charge is 0.394 e. The second-order valence-electron chi connectivity index (χ2n) is 0.868. The first-order chi connectivity index (χ1) is 4.18. The third-order valence-electron chi connectivity index (χ3n) is 0.256. The van der Waals surface area contributed by atoms with Crippen LogP contribution in [0.5, 0.6) is 0 Å². The summed E-state index contributed by atoms with van der Waals surface area (Å²) >= 11 is 0. The maximum atomic E-state index is 9.29. The molecule has 0 saturated carbocycles. The normalized spacial score (nSPS) is 9.56. The molecular weight excluding hydrogens is 147 g/mol. The van der Waals surface area contributed by atoms with Crippen molar-refractivity contribution in [2.24, 2.45) is 0 Å². The van der Waals surface area contributed by atoms with E-state index in [0.717, 1.165) is 0 Å². The summed E-state index contributed by atoms with van der Waals surface area (Å²) in [7, 11) is -1.18. The van der Waals surface area contributed by atoms with Gasteiger partial charge < -0.3 is 10.2 Å². The minimum atomic E-state index is -2.35. The lowest BCUT2D eigenvalue weighted by Gasteiger charge is -1.70. The van der Waals surface area contributed by atoms with Gasteiger partial charge in [-0.1, -0.05) is 0 Å². The van der Waals surface area contributed by atoms with E-state index < -0.39 is 8.25 Å². The predicted molar refractivity (Wildman–Crippen MR) is 31.0 cm³/mol.